The molecule has 1 aliphatic rings. The third kappa shape index (κ3) is 8.83. The van der Waals surface area contributed by atoms with Crippen LogP contribution in [0.25, 0.3) is 0 Å². The maximum absolute atomic E-state index is 11.6. The highest BCUT2D eigenvalue weighted by Gasteiger charge is 2.47. The molecule has 1 aromatic rings. The largest absolute Gasteiger partial charge is 0.463 e. The van der Waals surface area contributed by atoms with Gasteiger partial charge in [-0.15, -0.1) is 0 Å². The van der Waals surface area contributed by atoms with Gasteiger partial charge in [-0.3, -0.25) is 4.79 Å². The number of hydrogen-bond acceptors (Lipinski definition) is 7. The smallest absolute Gasteiger partial charge is 0.306 e. The number of esters is 1. The first-order chi connectivity index (χ1) is 15.7. The van der Waals surface area contributed by atoms with Gasteiger partial charge in [0.1, 0.15) is 6.10 Å². The molecule has 33 heavy (non-hydrogen) atoms. The van der Waals surface area contributed by atoms with Gasteiger partial charge in [0.05, 0.1) is 30.5 Å². The van der Waals surface area contributed by atoms with Crippen molar-refractivity contribution in [2.24, 2.45) is 11.8 Å². The molecule has 1 fully saturated rings. The molecule has 0 unspecified atom stereocenters. The van der Waals surface area contributed by atoms with E-state index in [-0.39, 0.29) is 24.9 Å². The first-order valence-corrected chi connectivity index (χ1v) is 12.0. The minimum absolute atomic E-state index is 0.119. The molecule has 0 bridgehead atoms. The summed E-state index contributed by atoms with van der Waals surface area (Å²) in [6, 6.07) is 9.57. The highest BCUT2D eigenvalue weighted by Crippen LogP contribution is 2.39. The Bertz CT molecular complexity index is 721. The molecule has 0 amide bonds. The van der Waals surface area contributed by atoms with E-state index in [9.17, 15) is 30.3 Å². The second kappa shape index (κ2) is 13.8. The summed E-state index contributed by atoms with van der Waals surface area (Å²) in [6.07, 6.45) is 0.994. The lowest BCUT2D eigenvalue weighted by Gasteiger charge is -2.32. The Kier molecular flexibility index (Phi) is 11.5. The summed E-state index contributed by atoms with van der Waals surface area (Å²) in [6.45, 7) is 3.62. The maximum Gasteiger partial charge on any atom is 0.306 e. The van der Waals surface area contributed by atoms with Gasteiger partial charge in [-0.2, -0.15) is 0 Å². The number of benzene rings is 1. The zero-order chi connectivity index (χ0) is 24.4. The molecule has 1 aromatic carbocycles. The number of aliphatic hydroxyl groups excluding tert-OH is 5. The topological polar surface area (TPSA) is 127 Å². The number of carbonyl (C=O) groups excluding carboxylic acids is 1. The second-order valence-corrected chi connectivity index (χ2v) is 9.32. The Morgan fingerprint density at radius 3 is 2.45 bits per heavy atom. The van der Waals surface area contributed by atoms with Crippen LogP contribution >= 0.6 is 0 Å². The fraction of sp³-hybridized carbons (Fsp3) is 0.654. The fourth-order valence-electron chi connectivity index (χ4n) is 4.56. The van der Waals surface area contributed by atoms with E-state index in [0.717, 1.165) is 5.56 Å². The number of allylic oxidation sites excluding steroid dienone is 2. The molecular weight excluding hydrogens is 424 g/mol. The van der Waals surface area contributed by atoms with E-state index >= 15 is 0 Å². The first-order valence-electron chi connectivity index (χ1n) is 12.0. The Balaban J connectivity index is 1.84. The Morgan fingerprint density at radius 1 is 1.09 bits per heavy atom. The third-order valence-corrected chi connectivity index (χ3v) is 6.32. The van der Waals surface area contributed by atoms with Crippen molar-refractivity contribution in [3.8, 4) is 0 Å². The van der Waals surface area contributed by atoms with Crippen LogP contribution in [0.3, 0.4) is 0 Å². The summed E-state index contributed by atoms with van der Waals surface area (Å²) in [5, 5.41) is 52.5. The molecule has 186 valence electrons. The van der Waals surface area contributed by atoms with Crippen molar-refractivity contribution in [1.82, 2.24) is 0 Å². The van der Waals surface area contributed by atoms with Crippen LogP contribution in [0.2, 0.25) is 0 Å². The number of hydrogen-bond donors (Lipinski definition) is 5. The number of carbonyl (C=O) groups is 1. The van der Waals surface area contributed by atoms with Crippen LogP contribution in [0.4, 0.5) is 0 Å². The summed E-state index contributed by atoms with van der Waals surface area (Å²) < 4.78 is 5.09. The van der Waals surface area contributed by atoms with Crippen molar-refractivity contribution in [1.29, 1.82) is 0 Å². The van der Waals surface area contributed by atoms with Crippen LogP contribution < -0.4 is 0 Å². The molecule has 7 heteroatoms. The molecule has 0 aliphatic heterocycles. The van der Waals surface area contributed by atoms with Gasteiger partial charge in [0.15, 0.2) is 0 Å². The van der Waals surface area contributed by atoms with E-state index in [0.29, 0.717) is 32.1 Å². The lowest BCUT2D eigenvalue weighted by Crippen LogP contribution is -2.46. The molecule has 7 nitrogen and oxygen atoms in total. The number of rotatable bonds is 13. The van der Waals surface area contributed by atoms with E-state index in [2.05, 4.69) is 0 Å². The van der Waals surface area contributed by atoms with Gasteiger partial charge in [-0.1, -0.05) is 42.5 Å². The predicted octanol–water partition coefficient (Wildman–Crippen LogP) is 2.13. The number of unbranched alkanes of at least 4 members (excludes halogenated alkanes) is 1. The van der Waals surface area contributed by atoms with Crippen LogP contribution in [0.1, 0.15) is 57.9 Å². The Hall–Kier alpha value is -1.77. The summed E-state index contributed by atoms with van der Waals surface area (Å²) in [5.41, 5.74) is 1.02. The summed E-state index contributed by atoms with van der Waals surface area (Å²) in [4.78, 5) is 11.6. The molecule has 7 atom stereocenters. The zero-order valence-corrected chi connectivity index (χ0v) is 19.7. The summed E-state index contributed by atoms with van der Waals surface area (Å²) >= 11 is 0. The minimum Gasteiger partial charge on any atom is -0.463 e. The predicted molar refractivity (Wildman–Crippen MR) is 125 cm³/mol. The fourth-order valence-corrected chi connectivity index (χ4v) is 4.56. The van der Waals surface area contributed by atoms with Crippen molar-refractivity contribution in [3.05, 3.63) is 48.0 Å². The normalized spacial score (nSPS) is 25.9. The van der Waals surface area contributed by atoms with Crippen molar-refractivity contribution < 1.29 is 35.1 Å². The van der Waals surface area contributed by atoms with Crippen LogP contribution in [-0.2, 0) is 16.0 Å². The van der Waals surface area contributed by atoms with Crippen LogP contribution in [0.5, 0.6) is 0 Å². The molecule has 0 radical (unpaired) electrons. The van der Waals surface area contributed by atoms with Crippen LogP contribution in [0, 0.1) is 11.8 Å². The summed E-state index contributed by atoms with van der Waals surface area (Å²) in [7, 11) is 0. The Morgan fingerprint density at radius 2 is 1.79 bits per heavy atom. The first kappa shape index (κ1) is 27.5. The lowest BCUT2D eigenvalue weighted by atomic mass is 9.82. The molecule has 0 saturated heterocycles. The van der Waals surface area contributed by atoms with Gasteiger partial charge in [-0.05, 0) is 63.9 Å². The third-order valence-electron chi connectivity index (χ3n) is 6.32. The van der Waals surface area contributed by atoms with Crippen molar-refractivity contribution in [2.75, 3.05) is 0 Å². The van der Waals surface area contributed by atoms with Crippen LogP contribution in [0.15, 0.2) is 42.5 Å². The van der Waals surface area contributed by atoms with Gasteiger partial charge >= 0.3 is 5.97 Å². The Labute approximate surface area is 196 Å². The zero-order valence-electron chi connectivity index (χ0n) is 19.7. The van der Waals surface area contributed by atoms with E-state index in [1.165, 1.54) is 0 Å². The van der Waals surface area contributed by atoms with Crippen molar-refractivity contribution in [3.63, 3.8) is 0 Å². The van der Waals surface area contributed by atoms with Gasteiger partial charge in [-0.25, -0.2) is 0 Å². The van der Waals surface area contributed by atoms with Crippen molar-refractivity contribution >= 4 is 5.97 Å². The second-order valence-electron chi connectivity index (χ2n) is 9.32. The minimum atomic E-state index is -1.42. The van der Waals surface area contributed by atoms with Gasteiger partial charge in [0, 0.05) is 12.3 Å². The molecular formula is C26H40O7. The maximum atomic E-state index is 11.6. The summed E-state index contributed by atoms with van der Waals surface area (Å²) in [5.74, 6) is -1.41. The number of ether oxygens (including phenoxy) is 1. The van der Waals surface area contributed by atoms with E-state index in [4.69, 9.17) is 4.74 Å². The van der Waals surface area contributed by atoms with Gasteiger partial charge in [0.25, 0.3) is 0 Å². The molecule has 0 aromatic heterocycles. The monoisotopic (exact) mass is 464 g/mol. The lowest BCUT2D eigenvalue weighted by molar-refractivity contribution is -0.147. The van der Waals surface area contributed by atoms with E-state index in [1.54, 1.807) is 0 Å². The SMILES string of the molecule is CC(C)OC(=O)CCC/C=C\C[C@@H]1[C@@H]([C@@H](O)[C@@H](O)[C@@H](O)CCc2ccccc2)[C@H](O)C[C@@H]1O. The highest BCUT2D eigenvalue weighted by atomic mass is 16.5. The average molecular weight is 465 g/mol. The quantitative estimate of drug-likeness (QED) is 0.172. The van der Waals surface area contributed by atoms with Crippen LogP contribution in [-0.4, -0.2) is 68.1 Å². The van der Waals surface area contributed by atoms with Crippen molar-refractivity contribution in [2.45, 2.75) is 95.4 Å². The molecule has 1 saturated carbocycles. The molecule has 1 aliphatic carbocycles. The molecule has 2 rings (SSSR count). The molecule has 0 heterocycles. The average Bonchev–Trinajstić information content (AvgIpc) is 3.06. The number of aryl methyl sites for hydroxylation is 1. The number of aliphatic hydroxyl groups is 5. The van der Waals surface area contributed by atoms with Gasteiger partial charge in [0.2, 0.25) is 0 Å². The standard InChI is InChI=1S/C26H40O7/c1-17(2)33-23(30)13-9-4-3-8-12-19-21(28)16-22(29)24(19)26(32)25(31)20(27)15-14-18-10-6-5-7-11-18/h3,5-8,10-11,17,19-22,24-29,31-32H,4,9,12-16H2,1-2H3/b8-3-/t19-,20-,21-,22+,24+,25-,26+/m0/s1. The molecule has 5 N–H and O–H groups in total. The molecule has 0 spiro atoms. The van der Waals surface area contributed by atoms with Gasteiger partial charge < -0.3 is 30.3 Å². The highest BCUT2D eigenvalue weighted by molar-refractivity contribution is 5.69. The van der Waals surface area contributed by atoms with E-state index < -0.39 is 42.4 Å². The van der Waals surface area contributed by atoms with E-state index in [1.807, 2.05) is 56.3 Å².